The summed E-state index contributed by atoms with van der Waals surface area (Å²) < 4.78 is 0. The third kappa shape index (κ3) is 3.74. The van der Waals surface area contributed by atoms with Gasteiger partial charge in [0.25, 0.3) is 5.56 Å². The number of halogens is 1. The van der Waals surface area contributed by atoms with Crippen molar-refractivity contribution in [2.24, 2.45) is 5.10 Å². The van der Waals surface area contributed by atoms with Crippen molar-refractivity contribution in [3.63, 3.8) is 0 Å². The molecule has 0 aliphatic carbocycles. The second-order valence-electron chi connectivity index (χ2n) is 8.27. The number of amides is 1. The largest absolute Gasteiger partial charge is 0.321 e. The summed E-state index contributed by atoms with van der Waals surface area (Å²) in [4.78, 5) is 28.9. The fraction of sp³-hybridized carbons (Fsp3) is 0.148. The van der Waals surface area contributed by atoms with Crippen molar-refractivity contribution in [3.8, 4) is 11.1 Å². The molecule has 0 fully saturated rings. The molecule has 0 spiro atoms. The number of nitrogens with zero attached hydrogens (tertiary/aromatic N) is 2. The molecule has 4 aromatic rings. The Kier molecular flexibility index (Phi) is 5.35. The topological polar surface area (TPSA) is 65.5 Å². The zero-order valence-corrected chi connectivity index (χ0v) is 19.1. The van der Waals surface area contributed by atoms with Crippen LogP contribution in [0.5, 0.6) is 0 Å². The van der Waals surface area contributed by atoms with Gasteiger partial charge in [-0.3, -0.25) is 9.59 Å². The highest BCUT2D eigenvalue weighted by atomic mass is 35.5. The average molecular weight is 456 g/mol. The van der Waals surface area contributed by atoms with E-state index in [1.165, 1.54) is 11.9 Å². The van der Waals surface area contributed by atoms with Crippen molar-refractivity contribution < 1.29 is 4.79 Å². The van der Waals surface area contributed by atoms with Gasteiger partial charge in [0.05, 0.1) is 17.3 Å². The van der Waals surface area contributed by atoms with Gasteiger partial charge in [0.2, 0.25) is 5.91 Å². The highest BCUT2D eigenvalue weighted by Gasteiger charge is 2.35. The molecule has 3 aromatic carbocycles. The molecule has 164 valence electrons. The van der Waals surface area contributed by atoms with E-state index in [-0.39, 0.29) is 17.5 Å². The smallest absolute Gasteiger partial charge is 0.258 e. The fourth-order valence-electron chi connectivity index (χ4n) is 4.48. The van der Waals surface area contributed by atoms with Gasteiger partial charge in [-0.2, -0.15) is 5.10 Å². The van der Waals surface area contributed by atoms with E-state index in [0.717, 1.165) is 33.2 Å². The first-order valence-corrected chi connectivity index (χ1v) is 11.2. The second kappa shape index (κ2) is 8.34. The maximum absolute atomic E-state index is 13.4. The van der Waals surface area contributed by atoms with Crippen LogP contribution < -0.4 is 5.56 Å². The lowest BCUT2D eigenvalue weighted by Gasteiger charge is -2.21. The molecule has 0 saturated heterocycles. The summed E-state index contributed by atoms with van der Waals surface area (Å²) in [5.41, 5.74) is 5.26. The van der Waals surface area contributed by atoms with E-state index in [0.29, 0.717) is 22.7 Å². The monoisotopic (exact) mass is 455 g/mol. The number of hydrogen-bond donors (Lipinski definition) is 1. The maximum Gasteiger partial charge on any atom is 0.258 e. The Morgan fingerprint density at radius 3 is 2.42 bits per heavy atom. The highest BCUT2D eigenvalue weighted by molar-refractivity contribution is 6.31. The van der Waals surface area contributed by atoms with Crippen LogP contribution in [0.4, 0.5) is 0 Å². The molecule has 5 rings (SSSR count). The number of fused-ring (bicyclic) bond motifs is 1. The van der Waals surface area contributed by atoms with E-state index in [9.17, 15) is 9.59 Å². The van der Waals surface area contributed by atoms with Crippen molar-refractivity contribution in [3.05, 3.63) is 105 Å². The van der Waals surface area contributed by atoms with Crippen LogP contribution in [-0.4, -0.2) is 21.6 Å². The summed E-state index contributed by atoms with van der Waals surface area (Å²) >= 11 is 6.46. The van der Waals surface area contributed by atoms with Crippen molar-refractivity contribution in [1.82, 2.24) is 9.99 Å². The summed E-state index contributed by atoms with van der Waals surface area (Å²) in [7, 11) is 0. The van der Waals surface area contributed by atoms with E-state index in [2.05, 4.69) is 10.1 Å². The first-order valence-electron chi connectivity index (χ1n) is 10.8. The number of carbonyl (C=O) groups is 1. The van der Waals surface area contributed by atoms with Crippen molar-refractivity contribution in [1.29, 1.82) is 0 Å². The third-order valence-electron chi connectivity index (χ3n) is 6.05. The zero-order valence-electron chi connectivity index (χ0n) is 18.3. The predicted octanol–water partition coefficient (Wildman–Crippen LogP) is 5.85. The number of aromatic amines is 1. The van der Waals surface area contributed by atoms with Gasteiger partial charge in [0.15, 0.2) is 0 Å². The van der Waals surface area contributed by atoms with Crippen LogP contribution in [0.3, 0.4) is 0 Å². The van der Waals surface area contributed by atoms with Gasteiger partial charge in [0, 0.05) is 34.8 Å². The highest BCUT2D eigenvalue weighted by Crippen LogP contribution is 2.38. The molecule has 1 aromatic heterocycles. The lowest BCUT2D eigenvalue weighted by molar-refractivity contribution is -0.130. The van der Waals surface area contributed by atoms with Gasteiger partial charge in [-0.05, 0) is 30.2 Å². The van der Waals surface area contributed by atoms with Crippen molar-refractivity contribution in [2.45, 2.75) is 26.3 Å². The molecule has 1 aliphatic heterocycles. The molecule has 0 bridgehead atoms. The number of nitrogens with one attached hydrogen (secondary N) is 1. The Morgan fingerprint density at radius 1 is 1.00 bits per heavy atom. The van der Waals surface area contributed by atoms with Crippen LogP contribution in [0, 0.1) is 6.92 Å². The normalized spacial score (nSPS) is 15.7. The average Bonchev–Trinajstić information content (AvgIpc) is 3.24. The molecule has 6 heteroatoms. The van der Waals surface area contributed by atoms with Gasteiger partial charge in [-0.15, -0.1) is 0 Å². The van der Waals surface area contributed by atoms with Crippen LogP contribution in [0.2, 0.25) is 5.02 Å². The SMILES string of the molecule is CC(=O)N1N=C(c2c(-c3ccc(C)cc3)c3ccccc3[nH]c2=O)C[C@@H]1c1ccccc1Cl. The number of rotatable bonds is 3. The number of benzene rings is 3. The maximum atomic E-state index is 13.4. The quantitative estimate of drug-likeness (QED) is 0.420. The van der Waals surface area contributed by atoms with Crippen LogP contribution in [0.25, 0.3) is 22.0 Å². The Bertz CT molecular complexity index is 1470. The molecular formula is C27H22ClN3O2. The molecule has 1 amide bonds. The fourth-order valence-corrected chi connectivity index (χ4v) is 4.74. The van der Waals surface area contributed by atoms with E-state index in [1.54, 1.807) is 6.07 Å². The molecule has 0 radical (unpaired) electrons. The van der Waals surface area contributed by atoms with E-state index in [1.807, 2.05) is 73.7 Å². The van der Waals surface area contributed by atoms with E-state index in [4.69, 9.17) is 11.6 Å². The van der Waals surface area contributed by atoms with Crippen LogP contribution in [-0.2, 0) is 4.79 Å². The number of hydrazone groups is 1. The first kappa shape index (κ1) is 21.2. The first-order chi connectivity index (χ1) is 15.9. The Hall–Kier alpha value is -3.70. The van der Waals surface area contributed by atoms with Gasteiger partial charge >= 0.3 is 0 Å². The molecule has 0 unspecified atom stereocenters. The number of aryl methyl sites for hydroxylation is 1. The number of carbonyl (C=O) groups excluding carboxylic acids is 1. The molecule has 5 nitrogen and oxygen atoms in total. The molecule has 2 heterocycles. The van der Waals surface area contributed by atoms with Crippen molar-refractivity contribution in [2.75, 3.05) is 0 Å². The number of H-pyrrole nitrogens is 1. The van der Waals surface area contributed by atoms with Crippen LogP contribution in [0.1, 0.15) is 36.1 Å². The summed E-state index contributed by atoms with van der Waals surface area (Å²) in [6.07, 6.45) is 0.392. The Balaban J connectivity index is 1.74. The number of hydrogen-bond acceptors (Lipinski definition) is 3. The molecule has 1 N–H and O–H groups in total. The summed E-state index contributed by atoms with van der Waals surface area (Å²) in [6.45, 7) is 3.50. The van der Waals surface area contributed by atoms with Crippen LogP contribution >= 0.6 is 11.6 Å². The summed E-state index contributed by atoms with van der Waals surface area (Å²) in [5, 5.41) is 7.58. The Labute approximate surface area is 196 Å². The zero-order chi connectivity index (χ0) is 23.1. The lowest BCUT2D eigenvalue weighted by Crippen LogP contribution is -2.24. The standard InChI is InChI=1S/C27H22ClN3O2/c1-16-11-13-18(14-12-16)25-20-8-4-6-10-22(20)29-27(33)26(25)23-15-24(31(30-23)17(2)32)19-7-3-5-9-21(19)28/h3-14,24H,15H2,1-2H3,(H,29,33)/t24-/m1/s1. The second-order valence-corrected chi connectivity index (χ2v) is 8.67. The lowest BCUT2D eigenvalue weighted by atomic mass is 9.90. The summed E-state index contributed by atoms with van der Waals surface area (Å²) in [6, 6.07) is 22.9. The van der Waals surface area contributed by atoms with Gasteiger partial charge in [-0.1, -0.05) is 77.8 Å². The van der Waals surface area contributed by atoms with E-state index >= 15 is 0 Å². The number of pyridine rings is 1. The minimum Gasteiger partial charge on any atom is -0.321 e. The molecule has 1 atom stereocenters. The molecule has 33 heavy (non-hydrogen) atoms. The van der Waals surface area contributed by atoms with E-state index < -0.39 is 0 Å². The summed E-state index contributed by atoms with van der Waals surface area (Å²) in [5.74, 6) is -0.205. The van der Waals surface area contributed by atoms with Gasteiger partial charge in [-0.25, -0.2) is 5.01 Å². The third-order valence-corrected chi connectivity index (χ3v) is 6.39. The molecule has 0 saturated carbocycles. The van der Waals surface area contributed by atoms with Gasteiger partial charge in [0.1, 0.15) is 0 Å². The van der Waals surface area contributed by atoms with Crippen molar-refractivity contribution >= 4 is 34.1 Å². The van der Waals surface area contributed by atoms with Gasteiger partial charge < -0.3 is 4.98 Å². The van der Waals surface area contributed by atoms with Crippen LogP contribution in [0.15, 0.2) is 82.7 Å². The minimum absolute atomic E-state index is 0.205. The Morgan fingerprint density at radius 2 is 1.70 bits per heavy atom. The number of aromatic nitrogens is 1. The molecule has 1 aliphatic rings. The number of para-hydroxylation sites is 1. The molecular weight excluding hydrogens is 434 g/mol. The minimum atomic E-state index is -0.372. The predicted molar refractivity (Wildman–Crippen MR) is 133 cm³/mol.